The van der Waals surface area contributed by atoms with Crippen molar-refractivity contribution in [3.05, 3.63) is 249 Å². The third-order valence-electron chi connectivity index (χ3n) is 15.4. The van der Waals surface area contributed by atoms with Gasteiger partial charge in [-0.05, 0) is 102 Å². The lowest BCUT2D eigenvalue weighted by Gasteiger charge is -2.33. The lowest BCUT2D eigenvalue weighted by Crippen LogP contribution is -2.30. The van der Waals surface area contributed by atoms with E-state index in [0.29, 0.717) is 0 Å². The van der Waals surface area contributed by atoms with E-state index in [4.69, 9.17) is 16.5 Å². The fourth-order valence-corrected chi connectivity index (χ4v) is 16.3. The number of hydrogen-bond acceptors (Lipinski definition) is 2. The summed E-state index contributed by atoms with van der Waals surface area (Å²) >= 11 is 7.13. The fourth-order valence-electron chi connectivity index (χ4n) is 12.3. The molecule has 1 aliphatic rings. The van der Waals surface area contributed by atoms with Crippen molar-refractivity contribution in [1.82, 2.24) is 18.3 Å². The van der Waals surface area contributed by atoms with Crippen LogP contribution in [-0.4, -0.2) is 18.3 Å². The van der Waals surface area contributed by atoms with Gasteiger partial charge in [-0.15, -0.1) is 0 Å². The fraction of sp³-hybridized carbons (Fsp3) is 0. The number of ether oxygens (including phenoxy) is 1. The maximum atomic E-state index is 7.32. The Morgan fingerprint density at radius 2 is 0.575 bits per heavy atom. The first-order valence-corrected chi connectivity index (χ1v) is 27.6. The second-order valence-corrected chi connectivity index (χ2v) is 23.5. The molecule has 7 heteroatoms. The Bertz CT molecular complexity index is 4570. The van der Waals surface area contributed by atoms with Crippen molar-refractivity contribution in [2.75, 3.05) is 0 Å². The number of fused-ring (bicyclic) bond motifs is 14. The average molecular weight is 969 g/mol. The van der Waals surface area contributed by atoms with Gasteiger partial charge in [-0.3, -0.25) is 0 Å². The Labute approximate surface area is 424 Å². The Morgan fingerprint density at radius 1 is 0.260 bits per heavy atom. The number of aromatic nitrogens is 4. The predicted octanol–water partition coefficient (Wildman–Crippen LogP) is 15.9. The Balaban J connectivity index is 0.918. The van der Waals surface area contributed by atoms with Gasteiger partial charge < -0.3 is 23.0 Å². The minimum Gasteiger partial charge on any atom is -0.456 e. The highest BCUT2D eigenvalue weighted by atomic mass is 32.4. The molecule has 0 saturated carbocycles. The Hall–Kier alpha value is -8.93. The molecular weight excluding hydrogens is 928 g/mol. The van der Waals surface area contributed by atoms with E-state index in [9.17, 15) is 0 Å². The number of hydrogen-bond donors (Lipinski definition) is 0. The van der Waals surface area contributed by atoms with Crippen LogP contribution in [0.25, 0.3) is 110 Å². The second-order valence-electron chi connectivity index (χ2n) is 19.2. The summed E-state index contributed by atoms with van der Waals surface area (Å²) in [5.74, 6) is 1.58. The van der Waals surface area contributed by atoms with E-state index >= 15 is 0 Å². The predicted molar refractivity (Wildman–Crippen MR) is 310 cm³/mol. The standard InChI is InChI=1S/C66H41N4OPS/c73-72(46-22-8-3-9-23-46)65-34-32-44(69-57-30-16-12-26-49(57)53-38-51-47-24-10-14-28-55(47)67(59(51)40-61(53)69)42-18-4-1-5-19-42)36-63(65)71-64-37-45(33-35-66(64)72)70-58-31-17-13-27-50(58)54-39-52-48-25-11-15-29-56(48)68(60(52)41-62(54)70)43-20-6-2-7-21-43/h1-41H. The van der Waals surface area contributed by atoms with Gasteiger partial charge in [0.25, 0.3) is 0 Å². The summed E-state index contributed by atoms with van der Waals surface area (Å²) in [4.78, 5) is 0. The number of rotatable bonds is 5. The molecule has 73 heavy (non-hydrogen) atoms. The molecule has 342 valence electrons. The van der Waals surface area contributed by atoms with E-state index < -0.39 is 6.04 Å². The molecule has 4 aromatic heterocycles. The largest absolute Gasteiger partial charge is 0.456 e. The van der Waals surface area contributed by atoms with Crippen molar-refractivity contribution in [2.24, 2.45) is 0 Å². The molecule has 0 radical (unpaired) electrons. The molecule has 15 aromatic rings. The molecule has 0 saturated heterocycles. The molecule has 16 rings (SSSR count). The van der Waals surface area contributed by atoms with E-state index in [0.717, 1.165) is 83.3 Å². The van der Waals surface area contributed by atoms with Crippen LogP contribution in [0.5, 0.6) is 11.5 Å². The molecule has 0 aliphatic carbocycles. The first-order chi connectivity index (χ1) is 36.1. The van der Waals surface area contributed by atoms with Crippen molar-refractivity contribution >= 4 is 121 Å². The van der Waals surface area contributed by atoms with Gasteiger partial charge in [0.15, 0.2) is 0 Å². The molecule has 5 nitrogen and oxygen atoms in total. The molecule has 0 fully saturated rings. The van der Waals surface area contributed by atoms with Gasteiger partial charge in [0, 0.05) is 94.6 Å². The van der Waals surface area contributed by atoms with E-state index in [1.807, 2.05) is 0 Å². The average Bonchev–Trinajstić information content (AvgIpc) is 4.16. The zero-order valence-electron chi connectivity index (χ0n) is 39.2. The first kappa shape index (κ1) is 40.8. The molecule has 1 aliphatic heterocycles. The lowest BCUT2D eigenvalue weighted by molar-refractivity contribution is 0.488. The highest BCUT2D eigenvalue weighted by molar-refractivity contribution is 8.25. The van der Waals surface area contributed by atoms with Gasteiger partial charge in [0.05, 0.1) is 44.1 Å². The molecule has 0 amide bonds. The molecule has 11 aromatic carbocycles. The third kappa shape index (κ3) is 5.70. The highest BCUT2D eigenvalue weighted by Gasteiger charge is 2.36. The topological polar surface area (TPSA) is 28.9 Å². The van der Waals surface area contributed by atoms with Gasteiger partial charge in [0.1, 0.15) is 11.5 Å². The summed E-state index contributed by atoms with van der Waals surface area (Å²) in [6, 6.07) is 87.5. The van der Waals surface area contributed by atoms with Crippen LogP contribution in [0.3, 0.4) is 0 Å². The van der Waals surface area contributed by atoms with Gasteiger partial charge in [-0.25, -0.2) is 0 Å². The molecule has 0 unspecified atom stereocenters. The lowest BCUT2D eigenvalue weighted by atomic mass is 10.1. The smallest absolute Gasteiger partial charge is 0.138 e. The van der Waals surface area contributed by atoms with E-state index in [2.05, 4.69) is 267 Å². The van der Waals surface area contributed by atoms with Crippen LogP contribution < -0.4 is 20.7 Å². The monoisotopic (exact) mass is 968 g/mol. The van der Waals surface area contributed by atoms with E-state index in [1.54, 1.807) is 0 Å². The summed E-state index contributed by atoms with van der Waals surface area (Å²) in [7, 11) is 0. The van der Waals surface area contributed by atoms with E-state index in [-0.39, 0.29) is 0 Å². The molecular formula is C66H41N4OPS. The van der Waals surface area contributed by atoms with Crippen LogP contribution in [0.2, 0.25) is 0 Å². The third-order valence-corrected chi connectivity index (χ3v) is 20.3. The highest BCUT2D eigenvalue weighted by Crippen LogP contribution is 2.53. The first-order valence-electron chi connectivity index (χ1n) is 24.8. The summed E-state index contributed by atoms with van der Waals surface area (Å²) in [6.45, 7) is 0. The maximum Gasteiger partial charge on any atom is 0.138 e. The second kappa shape index (κ2) is 15.3. The van der Waals surface area contributed by atoms with Crippen molar-refractivity contribution in [2.45, 2.75) is 0 Å². The van der Waals surface area contributed by atoms with Gasteiger partial charge in [-0.1, -0.05) is 151 Å². The minimum absolute atomic E-state index is 0.788. The van der Waals surface area contributed by atoms with Crippen molar-refractivity contribution in [3.63, 3.8) is 0 Å². The van der Waals surface area contributed by atoms with Gasteiger partial charge in [-0.2, -0.15) is 0 Å². The number of para-hydroxylation sites is 6. The normalized spacial score (nSPS) is 13.2. The molecule has 0 N–H and O–H groups in total. The van der Waals surface area contributed by atoms with Gasteiger partial charge >= 0.3 is 0 Å². The van der Waals surface area contributed by atoms with Crippen LogP contribution in [0, 0.1) is 0 Å². The summed E-state index contributed by atoms with van der Waals surface area (Å²) in [6.07, 6.45) is 0. The molecule has 0 spiro atoms. The van der Waals surface area contributed by atoms with Crippen LogP contribution in [0.4, 0.5) is 0 Å². The summed E-state index contributed by atoms with van der Waals surface area (Å²) in [5.41, 5.74) is 13.5. The zero-order chi connectivity index (χ0) is 47.9. The van der Waals surface area contributed by atoms with Crippen LogP contribution >= 0.6 is 6.04 Å². The Morgan fingerprint density at radius 3 is 0.945 bits per heavy atom. The quantitative estimate of drug-likeness (QED) is 0.161. The zero-order valence-corrected chi connectivity index (χ0v) is 40.9. The maximum absolute atomic E-state index is 7.32. The van der Waals surface area contributed by atoms with Gasteiger partial charge in [0.2, 0.25) is 0 Å². The van der Waals surface area contributed by atoms with E-state index in [1.165, 1.54) is 54.1 Å². The van der Waals surface area contributed by atoms with Crippen LogP contribution in [0.15, 0.2) is 249 Å². The minimum atomic E-state index is -2.63. The van der Waals surface area contributed by atoms with Crippen LogP contribution in [0.1, 0.15) is 0 Å². The molecule has 0 atom stereocenters. The number of nitrogens with zero attached hydrogens (tertiary/aromatic N) is 4. The van der Waals surface area contributed by atoms with Crippen molar-refractivity contribution in [3.8, 4) is 34.2 Å². The number of benzene rings is 11. The summed E-state index contributed by atoms with van der Waals surface area (Å²) < 4.78 is 16.9. The van der Waals surface area contributed by atoms with Crippen LogP contribution in [-0.2, 0) is 11.8 Å². The SMILES string of the molecule is S=P1(c2ccccc2)c2ccc(-n3c4ccccc4c4cc5c6ccccc6n(-c6ccccc6)c5cc43)cc2Oc2cc(-n3c4ccccc4c4cc5c6ccccc6n(-c6ccccc6)c5cc43)ccc21. The van der Waals surface area contributed by atoms with Crippen molar-refractivity contribution < 1.29 is 4.74 Å². The molecule has 0 bridgehead atoms. The Kier molecular flexibility index (Phi) is 8.54. The summed E-state index contributed by atoms with van der Waals surface area (Å²) in [5, 5.41) is 13.0. The molecule has 5 heterocycles. The van der Waals surface area contributed by atoms with Crippen molar-refractivity contribution in [1.29, 1.82) is 0 Å².